The first-order valence-corrected chi connectivity index (χ1v) is 12.4. The van der Waals surface area contributed by atoms with E-state index in [4.69, 9.17) is 9.47 Å². The Bertz CT molecular complexity index is 1200. The van der Waals surface area contributed by atoms with Gasteiger partial charge < -0.3 is 19.5 Å². The van der Waals surface area contributed by atoms with E-state index in [9.17, 15) is 19.2 Å². The fourth-order valence-electron chi connectivity index (χ4n) is 3.10. The highest BCUT2D eigenvalue weighted by atomic mass is 127. The first-order chi connectivity index (χ1) is 16.7. The Hall–Kier alpha value is -3.06. The van der Waals surface area contributed by atoms with Crippen molar-refractivity contribution in [2.75, 3.05) is 32.2 Å². The number of carbonyl (C=O) groups excluding carboxylic acids is 4. The number of methoxy groups -OCH3 is 1. The largest absolute Gasteiger partial charge is 0.490 e. The van der Waals surface area contributed by atoms with Crippen molar-refractivity contribution >= 4 is 69.1 Å². The van der Waals surface area contributed by atoms with Gasteiger partial charge in [0.1, 0.15) is 6.54 Å². The van der Waals surface area contributed by atoms with Crippen LogP contribution >= 0.6 is 34.4 Å². The Morgan fingerprint density at radius 3 is 2.60 bits per heavy atom. The molecular formula is C24H23IN2O7S. The number of halogens is 1. The lowest BCUT2D eigenvalue weighted by atomic mass is 10.2. The predicted octanol–water partition coefficient (Wildman–Crippen LogP) is 4.23. The minimum Gasteiger partial charge on any atom is -0.490 e. The summed E-state index contributed by atoms with van der Waals surface area (Å²) in [5.41, 5.74) is 2.08. The molecule has 1 heterocycles. The van der Waals surface area contributed by atoms with Crippen LogP contribution in [-0.4, -0.2) is 54.8 Å². The zero-order valence-electron chi connectivity index (χ0n) is 19.3. The van der Waals surface area contributed by atoms with Gasteiger partial charge in [-0.3, -0.25) is 19.3 Å². The molecule has 0 radical (unpaired) electrons. The standard InChI is InChI=1S/C24H23IN2O7S/c1-4-33-18-10-15(9-16(25)22(18)34-13-21(29)32-3)11-19-23(30)27(24(31)35-19)12-20(28)26-17-8-6-5-7-14(17)2/h5-11H,4,12-13H2,1-3H3,(H,26,28)/b19-11+. The van der Waals surface area contributed by atoms with E-state index in [0.717, 1.165) is 22.2 Å². The second-order valence-electron chi connectivity index (χ2n) is 7.26. The number of para-hydroxylation sites is 1. The minimum atomic E-state index is -0.557. The minimum absolute atomic E-state index is 0.181. The normalized spacial score (nSPS) is 14.3. The number of carbonyl (C=O) groups is 4. The quantitative estimate of drug-likeness (QED) is 0.255. The van der Waals surface area contributed by atoms with Crippen LogP contribution in [-0.2, 0) is 19.1 Å². The third-order valence-corrected chi connectivity index (χ3v) is 6.49. The topological polar surface area (TPSA) is 111 Å². The summed E-state index contributed by atoms with van der Waals surface area (Å²) in [6.45, 7) is 3.33. The number of aryl methyl sites for hydroxylation is 1. The van der Waals surface area contributed by atoms with Crippen LogP contribution in [0.3, 0.4) is 0 Å². The number of hydrogen-bond donors (Lipinski definition) is 1. The Balaban J connectivity index is 1.77. The van der Waals surface area contributed by atoms with E-state index in [0.29, 0.717) is 32.9 Å². The molecule has 1 N–H and O–H groups in total. The third kappa shape index (κ3) is 6.75. The van der Waals surface area contributed by atoms with Gasteiger partial charge >= 0.3 is 5.97 Å². The molecular weight excluding hydrogens is 587 g/mol. The van der Waals surface area contributed by atoms with E-state index in [1.165, 1.54) is 7.11 Å². The number of anilines is 1. The summed E-state index contributed by atoms with van der Waals surface area (Å²) in [7, 11) is 1.27. The van der Waals surface area contributed by atoms with E-state index >= 15 is 0 Å². The Morgan fingerprint density at radius 1 is 1.17 bits per heavy atom. The van der Waals surface area contributed by atoms with Gasteiger partial charge in [0, 0.05) is 5.69 Å². The van der Waals surface area contributed by atoms with Crippen LogP contribution in [0.4, 0.5) is 10.5 Å². The fourth-order valence-corrected chi connectivity index (χ4v) is 4.72. The van der Waals surface area contributed by atoms with Crippen molar-refractivity contribution in [1.29, 1.82) is 0 Å². The molecule has 35 heavy (non-hydrogen) atoms. The highest BCUT2D eigenvalue weighted by Gasteiger charge is 2.36. The Labute approximate surface area is 220 Å². The number of hydrogen-bond acceptors (Lipinski definition) is 8. The first-order valence-electron chi connectivity index (χ1n) is 10.5. The van der Waals surface area contributed by atoms with Crippen molar-refractivity contribution in [3.05, 3.63) is 56.0 Å². The van der Waals surface area contributed by atoms with Crippen molar-refractivity contribution in [3.8, 4) is 11.5 Å². The second-order valence-corrected chi connectivity index (χ2v) is 9.41. The number of esters is 1. The van der Waals surface area contributed by atoms with Crippen LogP contribution in [0.15, 0.2) is 41.3 Å². The lowest BCUT2D eigenvalue weighted by Gasteiger charge is -2.14. The molecule has 11 heteroatoms. The van der Waals surface area contributed by atoms with Crippen molar-refractivity contribution in [3.63, 3.8) is 0 Å². The zero-order valence-corrected chi connectivity index (χ0v) is 22.2. The number of imide groups is 1. The van der Waals surface area contributed by atoms with E-state index in [1.54, 1.807) is 37.3 Å². The fraction of sp³-hybridized carbons (Fsp3) is 0.250. The molecule has 1 aliphatic heterocycles. The van der Waals surface area contributed by atoms with Crippen LogP contribution in [0.2, 0.25) is 0 Å². The molecule has 9 nitrogen and oxygen atoms in total. The van der Waals surface area contributed by atoms with Crippen molar-refractivity contribution in [2.45, 2.75) is 13.8 Å². The monoisotopic (exact) mass is 610 g/mol. The molecule has 0 aromatic heterocycles. The molecule has 0 aliphatic carbocycles. The molecule has 2 aromatic rings. The second kappa shape index (κ2) is 12.1. The number of thioether (sulfide) groups is 1. The molecule has 184 valence electrons. The van der Waals surface area contributed by atoms with Crippen LogP contribution < -0.4 is 14.8 Å². The lowest BCUT2D eigenvalue weighted by molar-refractivity contribution is -0.143. The molecule has 0 bridgehead atoms. The molecule has 1 saturated heterocycles. The zero-order chi connectivity index (χ0) is 25.5. The summed E-state index contributed by atoms with van der Waals surface area (Å²) in [6.07, 6.45) is 1.55. The number of rotatable bonds is 9. The van der Waals surface area contributed by atoms with E-state index in [-0.39, 0.29) is 11.5 Å². The summed E-state index contributed by atoms with van der Waals surface area (Å²) < 4.78 is 16.4. The maximum atomic E-state index is 12.9. The summed E-state index contributed by atoms with van der Waals surface area (Å²) in [5.74, 6) is -0.808. The Kier molecular flexibility index (Phi) is 9.15. The van der Waals surface area contributed by atoms with Crippen LogP contribution in [0.1, 0.15) is 18.1 Å². The van der Waals surface area contributed by atoms with E-state index < -0.39 is 29.6 Å². The van der Waals surface area contributed by atoms with Gasteiger partial charge in [-0.1, -0.05) is 18.2 Å². The first kappa shape index (κ1) is 26.5. The maximum Gasteiger partial charge on any atom is 0.343 e. The summed E-state index contributed by atoms with van der Waals surface area (Å²) in [5, 5.41) is 2.20. The molecule has 3 rings (SSSR count). The maximum absolute atomic E-state index is 12.9. The summed E-state index contributed by atoms with van der Waals surface area (Å²) in [6, 6.07) is 10.6. The van der Waals surface area contributed by atoms with Gasteiger partial charge in [-0.25, -0.2) is 4.79 Å². The summed E-state index contributed by atoms with van der Waals surface area (Å²) >= 11 is 2.79. The third-order valence-electron chi connectivity index (χ3n) is 4.79. The van der Waals surface area contributed by atoms with E-state index in [2.05, 4.69) is 10.1 Å². The van der Waals surface area contributed by atoms with Crippen molar-refractivity contribution < 1.29 is 33.4 Å². The van der Waals surface area contributed by atoms with E-state index in [1.807, 2.05) is 41.6 Å². The number of nitrogens with zero attached hydrogens (tertiary/aromatic N) is 1. The van der Waals surface area contributed by atoms with Crippen LogP contribution in [0.5, 0.6) is 11.5 Å². The Morgan fingerprint density at radius 2 is 1.91 bits per heavy atom. The van der Waals surface area contributed by atoms with Crippen molar-refractivity contribution in [2.24, 2.45) is 0 Å². The van der Waals surface area contributed by atoms with Gasteiger partial charge in [0.05, 0.1) is 22.2 Å². The number of amides is 3. The van der Waals surface area contributed by atoms with Gasteiger partial charge in [0.2, 0.25) is 5.91 Å². The highest BCUT2D eigenvalue weighted by Crippen LogP contribution is 2.37. The molecule has 3 amide bonds. The van der Waals surface area contributed by atoms with Crippen LogP contribution in [0, 0.1) is 10.5 Å². The van der Waals surface area contributed by atoms with Gasteiger partial charge in [-0.15, -0.1) is 0 Å². The molecule has 1 fully saturated rings. The molecule has 0 atom stereocenters. The van der Waals surface area contributed by atoms with Gasteiger partial charge in [-0.2, -0.15) is 0 Å². The molecule has 0 spiro atoms. The van der Waals surface area contributed by atoms with Gasteiger partial charge in [0.25, 0.3) is 11.1 Å². The van der Waals surface area contributed by atoms with Crippen molar-refractivity contribution in [1.82, 2.24) is 4.90 Å². The molecule has 2 aromatic carbocycles. The predicted molar refractivity (Wildman–Crippen MR) is 140 cm³/mol. The highest BCUT2D eigenvalue weighted by molar-refractivity contribution is 14.1. The smallest absolute Gasteiger partial charge is 0.343 e. The number of nitrogens with one attached hydrogen (secondary N) is 1. The average Bonchev–Trinajstić information content (AvgIpc) is 3.07. The SMILES string of the molecule is CCOc1cc(/C=C2/SC(=O)N(CC(=O)Nc3ccccc3C)C2=O)cc(I)c1OCC(=O)OC. The molecule has 1 aliphatic rings. The average molecular weight is 610 g/mol. The lowest BCUT2D eigenvalue weighted by Crippen LogP contribution is -2.36. The number of ether oxygens (including phenoxy) is 3. The van der Waals surface area contributed by atoms with Gasteiger partial charge in [0.15, 0.2) is 18.1 Å². The van der Waals surface area contributed by atoms with Crippen LogP contribution in [0.25, 0.3) is 6.08 Å². The van der Waals surface area contributed by atoms with Gasteiger partial charge in [-0.05, 0) is 83.6 Å². The molecule has 0 saturated carbocycles. The summed E-state index contributed by atoms with van der Waals surface area (Å²) in [4.78, 5) is 50.3. The number of benzene rings is 2. The molecule has 0 unspecified atom stereocenters.